The summed E-state index contributed by atoms with van der Waals surface area (Å²) in [5.74, 6) is -0.0473. The lowest BCUT2D eigenvalue weighted by Gasteiger charge is -2.30. The van der Waals surface area contributed by atoms with Gasteiger partial charge in [0.15, 0.2) is 0 Å². The van der Waals surface area contributed by atoms with Crippen LogP contribution in [0.1, 0.15) is 16.1 Å². The molecular weight excluding hydrogens is 280 g/mol. The maximum atomic E-state index is 12.1. The van der Waals surface area contributed by atoms with E-state index in [4.69, 9.17) is 4.74 Å². The lowest BCUT2D eigenvalue weighted by molar-refractivity contribution is 0.0929. The largest absolute Gasteiger partial charge is 0.378 e. The Labute approximate surface area is 127 Å². The number of hydrogen-bond donors (Lipinski definition) is 1. The van der Waals surface area contributed by atoms with Crippen LogP contribution in [-0.4, -0.2) is 43.3 Å². The van der Waals surface area contributed by atoms with Crippen molar-refractivity contribution in [2.45, 2.75) is 6.54 Å². The number of amides is 1. The SMILES string of the molecule is N#Cc1cc(N2CCOCC2)c2c(c1)cc1n2CCNC1=O. The van der Waals surface area contributed by atoms with Gasteiger partial charge in [0.2, 0.25) is 0 Å². The average molecular weight is 296 g/mol. The number of anilines is 1. The number of morpholine rings is 1. The van der Waals surface area contributed by atoms with E-state index in [1.54, 1.807) is 0 Å². The van der Waals surface area contributed by atoms with Crippen LogP contribution >= 0.6 is 0 Å². The van der Waals surface area contributed by atoms with Crippen molar-refractivity contribution in [2.24, 2.45) is 0 Å². The molecule has 6 nitrogen and oxygen atoms in total. The van der Waals surface area contributed by atoms with Crippen LogP contribution in [0.4, 0.5) is 5.69 Å². The van der Waals surface area contributed by atoms with Gasteiger partial charge in [-0.3, -0.25) is 4.79 Å². The summed E-state index contributed by atoms with van der Waals surface area (Å²) in [6, 6.07) is 7.89. The molecule has 1 saturated heterocycles. The maximum Gasteiger partial charge on any atom is 0.268 e. The first-order valence-electron chi connectivity index (χ1n) is 7.46. The second kappa shape index (κ2) is 5.04. The van der Waals surface area contributed by atoms with E-state index in [0.29, 0.717) is 31.0 Å². The standard InChI is InChI=1S/C16H16N4O2/c17-10-11-7-12-9-14-16(21)18-1-2-20(14)15(12)13(8-11)19-3-5-22-6-4-19/h7-9H,1-6H2,(H,18,21). The molecule has 0 bridgehead atoms. The lowest BCUT2D eigenvalue weighted by Crippen LogP contribution is -2.37. The molecule has 2 aliphatic rings. The number of carbonyl (C=O) groups is 1. The van der Waals surface area contributed by atoms with Crippen molar-refractivity contribution in [3.05, 3.63) is 29.5 Å². The fourth-order valence-electron chi connectivity index (χ4n) is 3.29. The Morgan fingerprint density at radius 1 is 1.18 bits per heavy atom. The normalized spacial score (nSPS) is 18.0. The smallest absolute Gasteiger partial charge is 0.268 e. The first-order valence-corrected chi connectivity index (χ1v) is 7.46. The van der Waals surface area contributed by atoms with E-state index in [9.17, 15) is 10.1 Å². The monoisotopic (exact) mass is 296 g/mol. The predicted octanol–water partition coefficient (Wildman–Crippen LogP) is 1.09. The van der Waals surface area contributed by atoms with Crippen molar-refractivity contribution in [1.82, 2.24) is 9.88 Å². The molecule has 6 heteroatoms. The maximum absolute atomic E-state index is 12.1. The predicted molar refractivity (Wildman–Crippen MR) is 82.0 cm³/mol. The Kier molecular flexibility index (Phi) is 3.01. The summed E-state index contributed by atoms with van der Waals surface area (Å²) in [4.78, 5) is 14.3. The van der Waals surface area contributed by atoms with Gasteiger partial charge >= 0.3 is 0 Å². The number of carbonyl (C=O) groups excluding carboxylic acids is 1. The first-order chi connectivity index (χ1) is 10.8. The van der Waals surface area contributed by atoms with Gasteiger partial charge in [0, 0.05) is 31.6 Å². The molecule has 0 radical (unpaired) electrons. The number of nitrogens with zero attached hydrogens (tertiary/aromatic N) is 3. The molecule has 22 heavy (non-hydrogen) atoms. The number of nitriles is 1. The van der Waals surface area contributed by atoms with E-state index in [1.807, 2.05) is 18.2 Å². The van der Waals surface area contributed by atoms with Crippen LogP contribution in [0.5, 0.6) is 0 Å². The van der Waals surface area contributed by atoms with Crippen LogP contribution in [0.15, 0.2) is 18.2 Å². The molecule has 2 aliphatic heterocycles. The van der Waals surface area contributed by atoms with Gasteiger partial charge < -0.3 is 19.5 Å². The number of ether oxygens (including phenoxy) is 1. The molecule has 1 aromatic carbocycles. The molecule has 0 atom stereocenters. The summed E-state index contributed by atoms with van der Waals surface area (Å²) < 4.78 is 7.49. The number of rotatable bonds is 1. The summed E-state index contributed by atoms with van der Waals surface area (Å²) in [5, 5.41) is 13.1. The molecule has 1 aromatic heterocycles. The van der Waals surface area contributed by atoms with Gasteiger partial charge in [-0.2, -0.15) is 5.26 Å². The van der Waals surface area contributed by atoms with Crippen LogP contribution in [0, 0.1) is 11.3 Å². The van der Waals surface area contributed by atoms with Crippen molar-refractivity contribution in [3.8, 4) is 6.07 Å². The van der Waals surface area contributed by atoms with E-state index in [2.05, 4.69) is 20.9 Å². The van der Waals surface area contributed by atoms with Gasteiger partial charge in [0.1, 0.15) is 5.69 Å². The van der Waals surface area contributed by atoms with Crippen molar-refractivity contribution in [2.75, 3.05) is 37.7 Å². The highest BCUT2D eigenvalue weighted by atomic mass is 16.5. The minimum atomic E-state index is -0.0473. The second-order valence-corrected chi connectivity index (χ2v) is 5.58. The van der Waals surface area contributed by atoms with Crippen molar-refractivity contribution in [3.63, 3.8) is 0 Å². The molecule has 0 unspecified atom stereocenters. The van der Waals surface area contributed by atoms with Gasteiger partial charge in [-0.05, 0) is 18.2 Å². The third kappa shape index (κ3) is 1.94. The van der Waals surface area contributed by atoms with E-state index in [-0.39, 0.29) is 5.91 Å². The van der Waals surface area contributed by atoms with Gasteiger partial charge in [-0.25, -0.2) is 0 Å². The zero-order valence-corrected chi connectivity index (χ0v) is 12.1. The number of aromatic nitrogens is 1. The van der Waals surface area contributed by atoms with Crippen molar-refractivity contribution in [1.29, 1.82) is 5.26 Å². The summed E-state index contributed by atoms with van der Waals surface area (Å²) >= 11 is 0. The third-order valence-electron chi connectivity index (χ3n) is 4.31. The molecular formula is C16H16N4O2. The van der Waals surface area contributed by atoms with E-state index in [1.165, 1.54) is 0 Å². The fourth-order valence-corrected chi connectivity index (χ4v) is 3.29. The lowest BCUT2D eigenvalue weighted by atomic mass is 10.1. The Hall–Kier alpha value is -2.52. The fraction of sp³-hybridized carbons (Fsp3) is 0.375. The molecule has 0 saturated carbocycles. The van der Waals surface area contributed by atoms with Crippen LogP contribution in [0.3, 0.4) is 0 Å². The number of hydrogen-bond acceptors (Lipinski definition) is 4. The Bertz CT molecular complexity index is 797. The van der Waals surface area contributed by atoms with Crippen LogP contribution in [0.25, 0.3) is 10.9 Å². The number of nitrogens with one attached hydrogen (secondary N) is 1. The minimum absolute atomic E-state index is 0.0473. The Balaban J connectivity index is 1.96. The topological polar surface area (TPSA) is 70.3 Å². The highest BCUT2D eigenvalue weighted by Crippen LogP contribution is 2.33. The Morgan fingerprint density at radius 3 is 2.77 bits per heavy atom. The molecule has 0 spiro atoms. The molecule has 3 heterocycles. The summed E-state index contributed by atoms with van der Waals surface area (Å²) in [6.07, 6.45) is 0. The van der Waals surface area contributed by atoms with Crippen molar-refractivity contribution >= 4 is 22.5 Å². The summed E-state index contributed by atoms with van der Waals surface area (Å²) in [6.45, 7) is 4.37. The van der Waals surface area contributed by atoms with Crippen LogP contribution in [0.2, 0.25) is 0 Å². The van der Waals surface area contributed by atoms with Gasteiger partial charge in [0.05, 0.1) is 36.1 Å². The average Bonchev–Trinajstić information content (AvgIpc) is 2.95. The quantitative estimate of drug-likeness (QED) is 0.855. The van der Waals surface area contributed by atoms with Gasteiger partial charge in [0.25, 0.3) is 5.91 Å². The van der Waals surface area contributed by atoms with Gasteiger partial charge in [-0.15, -0.1) is 0 Å². The van der Waals surface area contributed by atoms with Crippen LogP contribution < -0.4 is 10.2 Å². The highest BCUT2D eigenvalue weighted by Gasteiger charge is 2.24. The first kappa shape index (κ1) is 13.2. The zero-order chi connectivity index (χ0) is 15.1. The molecule has 1 fully saturated rings. The van der Waals surface area contributed by atoms with E-state index in [0.717, 1.165) is 36.2 Å². The van der Waals surface area contributed by atoms with Crippen LogP contribution in [-0.2, 0) is 11.3 Å². The summed E-state index contributed by atoms with van der Waals surface area (Å²) in [5.41, 5.74) is 3.37. The van der Waals surface area contributed by atoms with Gasteiger partial charge in [-0.1, -0.05) is 0 Å². The molecule has 4 rings (SSSR count). The summed E-state index contributed by atoms with van der Waals surface area (Å²) in [7, 11) is 0. The highest BCUT2D eigenvalue weighted by molar-refractivity contribution is 6.03. The van der Waals surface area contributed by atoms with E-state index >= 15 is 0 Å². The molecule has 112 valence electrons. The number of fused-ring (bicyclic) bond motifs is 3. The number of benzene rings is 1. The van der Waals surface area contributed by atoms with E-state index < -0.39 is 0 Å². The Morgan fingerprint density at radius 2 is 2.00 bits per heavy atom. The molecule has 0 aliphatic carbocycles. The molecule has 1 N–H and O–H groups in total. The zero-order valence-electron chi connectivity index (χ0n) is 12.1. The third-order valence-corrected chi connectivity index (χ3v) is 4.31. The van der Waals surface area contributed by atoms with Crippen molar-refractivity contribution < 1.29 is 9.53 Å². The minimum Gasteiger partial charge on any atom is -0.378 e. The second-order valence-electron chi connectivity index (χ2n) is 5.58. The molecule has 2 aromatic rings. The molecule has 1 amide bonds.